The Labute approximate surface area is 263 Å². The fourth-order valence-corrected chi connectivity index (χ4v) is 5.55. The molecule has 1 aliphatic heterocycles. The molecule has 0 aromatic heterocycles. The minimum absolute atomic E-state index is 0.152. The van der Waals surface area contributed by atoms with Crippen LogP contribution in [0.2, 0.25) is 0 Å². The Morgan fingerprint density at radius 3 is 2.15 bits per heavy atom. The molecule has 3 aromatic carbocycles. The van der Waals surface area contributed by atoms with Gasteiger partial charge >= 0.3 is 12.1 Å². The smallest absolute Gasteiger partial charge is 0.389 e. The van der Waals surface area contributed by atoms with Crippen LogP contribution in [0.5, 0.6) is 0 Å². The van der Waals surface area contributed by atoms with Crippen molar-refractivity contribution in [3.05, 3.63) is 106 Å². The Hall–Kier alpha value is -3.74. The van der Waals surface area contributed by atoms with Crippen LogP contribution in [0, 0.1) is 17.5 Å². The highest BCUT2D eigenvalue weighted by molar-refractivity contribution is 5.87. The van der Waals surface area contributed by atoms with Gasteiger partial charge in [-0.2, -0.15) is 13.2 Å². The van der Waals surface area contributed by atoms with E-state index < -0.39 is 66.5 Å². The minimum atomic E-state index is -4.44. The van der Waals surface area contributed by atoms with Gasteiger partial charge in [0.2, 0.25) is 0 Å². The summed E-state index contributed by atoms with van der Waals surface area (Å²) >= 11 is 0. The molecule has 1 aliphatic rings. The third kappa shape index (κ3) is 9.88. The maximum Gasteiger partial charge on any atom is 0.389 e. The second-order valence-corrected chi connectivity index (χ2v) is 11.4. The highest BCUT2D eigenvalue weighted by atomic mass is 19.4. The van der Waals surface area contributed by atoms with E-state index in [9.17, 15) is 31.5 Å². The average Bonchev–Trinajstić information content (AvgIpc) is 3.01. The Kier molecular flexibility index (Phi) is 12.0. The van der Waals surface area contributed by atoms with Gasteiger partial charge < -0.3 is 20.5 Å². The molecular formula is C34H36F6N2O4. The molecule has 1 fully saturated rings. The molecule has 248 valence electrons. The van der Waals surface area contributed by atoms with Crippen LogP contribution in [0.4, 0.5) is 26.3 Å². The number of nitrogens with two attached hydrogens (primary N) is 1. The maximum atomic E-state index is 15.1. The summed E-state index contributed by atoms with van der Waals surface area (Å²) < 4.78 is 90.4. The van der Waals surface area contributed by atoms with Crippen molar-refractivity contribution in [2.24, 2.45) is 5.73 Å². The van der Waals surface area contributed by atoms with E-state index in [0.29, 0.717) is 35.2 Å². The van der Waals surface area contributed by atoms with Crippen LogP contribution in [0.25, 0.3) is 0 Å². The van der Waals surface area contributed by atoms with Crippen molar-refractivity contribution in [3.63, 3.8) is 0 Å². The number of Topliss-reactive ketones (excluding diaryl/α,β-unsaturated/α-hetero) is 1. The number of ether oxygens (including phenoxy) is 2. The van der Waals surface area contributed by atoms with E-state index in [1.165, 1.54) is 60.7 Å². The molecule has 3 aromatic rings. The fraction of sp³-hybridized carbons (Fsp3) is 0.412. The third-order valence-corrected chi connectivity index (χ3v) is 8.10. The molecule has 0 spiro atoms. The monoisotopic (exact) mass is 650 g/mol. The average molecular weight is 651 g/mol. The van der Waals surface area contributed by atoms with Crippen molar-refractivity contribution in [2.75, 3.05) is 13.2 Å². The zero-order valence-corrected chi connectivity index (χ0v) is 25.2. The molecule has 4 rings (SSSR count). The van der Waals surface area contributed by atoms with Crippen LogP contribution >= 0.6 is 0 Å². The number of morpholine rings is 1. The van der Waals surface area contributed by atoms with Crippen LogP contribution in [0.3, 0.4) is 0 Å². The van der Waals surface area contributed by atoms with Gasteiger partial charge in [-0.15, -0.1) is 0 Å². The van der Waals surface area contributed by atoms with Crippen molar-refractivity contribution in [3.8, 4) is 0 Å². The van der Waals surface area contributed by atoms with Gasteiger partial charge in [-0.25, -0.2) is 13.2 Å². The molecule has 3 N–H and O–H groups in total. The van der Waals surface area contributed by atoms with Gasteiger partial charge in [-0.3, -0.25) is 9.59 Å². The minimum Gasteiger partial charge on any atom is -0.464 e. The molecule has 0 amide bonds. The standard InChI is InChI=1S/C34H36F6N2O4/c1-20-29(19-45-31(44)15-16-34(38,39)40)42-18-26(46-20)13-14-27-23(3-2-4-28(27)37)17-30(43)33(41)32(21-5-9-24(35)10-6-21)22-7-11-25(36)12-8-22/h2-12,20,26,29,32-33,42H,13-19,41H2,1H3/t20-,26+,29+,33+/m0/s1. The lowest BCUT2D eigenvalue weighted by Gasteiger charge is -2.35. The second-order valence-electron chi connectivity index (χ2n) is 11.4. The van der Waals surface area contributed by atoms with E-state index in [1.54, 1.807) is 13.0 Å². The number of alkyl halides is 3. The molecule has 1 heterocycles. The molecule has 46 heavy (non-hydrogen) atoms. The summed E-state index contributed by atoms with van der Waals surface area (Å²) in [6.07, 6.45) is -6.79. The summed E-state index contributed by atoms with van der Waals surface area (Å²) in [5.41, 5.74) is 8.42. The zero-order chi connectivity index (χ0) is 33.4. The number of benzene rings is 3. The number of hydrogen-bond acceptors (Lipinski definition) is 6. The van der Waals surface area contributed by atoms with Crippen molar-refractivity contribution < 1.29 is 45.4 Å². The predicted octanol–water partition coefficient (Wildman–Crippen LogP) is 5.94. The fourth-order valence-electron chi connectivity index (χ4n) is 5.55. The van der Waals surface area contributed by atoms with E-state index in [4.69, 9.17) is 15.2 Å². The molecule has 4 atom stereocenters. The topological polar surface area (TPSA) is 90.7 Å². The van der Waals surface area contributed by atoms with Gasteiger partial charge in [0, 0.05) is 18.9 Å². The van der Waals surface area contributed by atoms with E-state index in [-0.39, 0.29) is 31.3 Å². The summed E-state index contributed by atoms with van der Waals surface area (Å²) in [5, 5.41) is 3.17. The van der Waals surface area contributed by atoms with Crippen molar-refractivity contribution in [2.45, 2.75) is 75.4 Å². The van der Waals surface area contributed by atoms with Crippen LogP contribution < -0.4 is 11.1 Å². The van der Waals surface area contributed by atoms with Gasteiger partial charge in [0.15, 0.2) is 5.78 Å². The zero-order valence-electron chi connectivity index (χ0n) is 25.2. The largest absolute Gasteiger partial charge is 0.464 e. The quantitative estimate of drug-likeness (QED) is 0.176. The number of carbonyl (C=O) groups is 2. The summed E-state index contributed by atoms with van der Waals surface area (Å²) in [6, 6.07) is 14.0. The molecule has 0 aliphatic carbocycles. The first-order valence-electron chi connectivity index (χ1n) is 15.0. The van der Waals surface area contributed by atoms with E-state index in [2.05, 4.69) is 5.32 Å². The van der Waals surface area contributed by atoms with Gasteiger partial charge in [-0.05, 0) is 72.4 Å². The van der Waals surface area contributed by atoms with Crippen LogP contribution in [0.1, 0.15) is 54.4 Å². The number of halogens is 6. The normalized spacial score (nSPS) is 19.2. The highest BCUT2D eigenvalue weighted by Crippen LogP contribution is 2.30. The van der Waals surface area contributed by atoms with Crippen LogP contribution in [-0.4, -0.2) is 55.4 Å². The van der Waals surface area contributed by atoms with Gasteiger partial charge in [-0.1, -0.05) is 36.4 Å². The number of nitrogens with one attached hydrogen (secondary N) is 1. The summed E-state index contributed by atoms with van der Waals surface area (Å²) in [4.78, 5) is 25.2. The number of esters is 1. The van der Waals surface area contributed by atoms with E-state index >= 15 is 4.39 Å². The Morgan fingerprint density at radius 2 is 1.59 bits per heavy atom. The maximum absolute atomic E-state index is 15.1. The molecule has 6 nitrogen and oxygen atoms in total. The lowest BCUT2D eigenvalue weighted by atomic mass is 9.82. The van der Waals surface area contributed by atoms with Crippen molar-refractivity contribution in [1.29, 1.82) is 0 Å². The van der Waals surface area contributed by atoms with Crippen molar-refractivity contribution in [1.82, 2.24) is 5.32 Å². The molecular weight excluding hydrogens is 614 g/mol. The predicted molar refractivity (Wildman–Crippen MR) is 158 cm³/mol. The summed E-state index contributed by atoms with van der Waals surface area (Å²) in [6.45, 7) is 1.92. The number of ketones is 1. The van der Waals surface area contributed by atoms with Crippen molar-refractivity contribution >= 4 is 11.8 Å². The number of carbonyl (C=O) groups excluding carboxylic acids is 2. The first kappa shape index (κ1) is 35.1. The first-order chi connectivity index (χ1) is 21.8. The molecule has 0 bridgehead atoms. The first-order valence-corrected chi connectivity index (χ1v) is 15.0. The Balaban J connectivity index is 1.38. The van der Waals surface area contributed by atoms with E-state index in [1.807, 2.05) is 0 Å². The van der Waals surface area contributed by atoms with Gasteiger partial charge in [0.1, 0.15) is 24.1 Å². The number of rotatable bonds is 13. The summed E-state index contributed by atoms with van der Waals surface area (Å²) in [5.74, 6) is -3.45. The van der Waals surface area contributed by atoms with Crippen LogP contribution in [-0.2, 0) is 31.9 Å². The Bertz CT molecular complexity index is 1420. The third-order valence-electron chi connectivity index (χ3n) is 8.10. The van der Waals surface area contributed by atoms with Gasteiger partial charge in [0.05, 0.1) is 37.1 Å². The van der Waals surface area contributed by atoms with Gasteiger partial charge in [0.25, 0.3) is 0 Å². The Morgan fingerprint density at radius 1 is 0.978 bits per heavy atom. The lowest BCUT2D eigenvalue weighted by molar-refractivity contribution is -0.159. The van der Waals surface area contributed by atoms with E-state index in [0.717, 1.165) is 0 Å². The molecule has 1 saturated heterocycles. The molecule has 0 radical (unpaired) electrons. The second kappa shape index (κ2) is 15.7. The lowest BCUT2D eigenvalue weighted by Crippen LogP contribution is -2.53. The molecule has 0 unspecified atom stereocenters. The molecule has 0 saturated carbocycles. The number of hydrogen-bond donors (Lipinski definition) is 2. The summed E-state index contributed by atoms with van der Waals surface area (Å²) in [7, 11) is 0. The SMILES string of the molecule is C[C@@H]1O[C@H](CCc2c(F)cccc2CC(=O)[C@@H](N)C(c2ccc(F)cc2)c2ccc(F)cc2)CN[C@@H]1COC(=O)CCC(F)(F)F. The highest BCUT2D eigenvalue weighted by Gasteiger charge is 2.32. The van der Waals surface area contributed by atoms with Crippen LogP contribution in [0.15, 0.2) is 66.7 Å². The molecule has 12 heteroatoms.